The van der Waals surface area contributed by atoms with Gasteiger partial charge in [-0.3, -0.25) is 4.79 Å². The number of para-hydroxylation sites is 2. The fraction of sp³-hybridized carbons (Fsp3) is 0.167. The highest BCUT2D eigenvalue weighted by molar-refractivity contribution is 5.98. The topological polar surface area (TPSA) is 90.9 Å². The first-order valence-corrected chi connectivity index (χ1v) is 7.33. The summed E-state index contributed by atoms with van der Waals surface area (Å²) in [5.41, 5.74) is 0.835. The van der Waals surface area contributed by atoms with Crippen LogP contribution >= 0.6 is 0 Å². The molecule has 2 aromatic carbocycles. The Morgan fingerprint density at radius 3 is 2.28 bits per heavy atom. The van der Waals surface area contributed by atoms with Crippen molar-refractivity contribution in [3.63, 3.8) is 0 Å². The van der Waals surface area contributed by atoms with Gasteiger partial charge in [0.05, 0.1) is 31.0 Å². The van der Waals surface area contributed by atoms with Gasteiger partial charge in [-0.15, -0.1) is 0 Å². The maximum absolute atomic E-state index is 12.0. The molecule has 0 radical (unpaired) electrons. The summed E-state index contributed by atoms with van der Waals surface area (Å²) in [7, 11) is 2.73. The summed E-state index contributed by atoms with van der Waals surface area (Å²) in [6, 6.07) is 12.7. The molecule has 7 heteroatoms. The highest BCUT2D eigenvalue weighted by Gasteiger charge is 2.14. The van der Waals surface area contributed by atoms with E-state index in [2.05, 4.69) is 10.1 Å². The summed E-state index contributed by atoms with van der Waals surface area (Å²) in [5.74, 6) is -1.31. The Morgan fingerprint density at radius 1 is 0.920 bits per heavy atom. The molecule has 0 atom stereocenters. The number of anilines is 1. The molecule has 0 saturated carbocycles. The number of methoxy groups -OCH3 is 2. The van der Waals surface area contributed by atoms with Gasteiger partial charge in [0.1, 0.15) is 5.75 Å². The van der Waals surface area contributed by atoms with E-state index in [-0.39, 0.29) is 11.1 Å². The molecule has 0 bridgehead atoms. The molecule has 1 amide bonds. The first kappa shape index (κ1) is 18.0. The van der Waals surface area contributed by atoms with Crippen LogP contribution < -0.4 is 10.1 Å². The number of benzene rings is 2. The van der Waals surface area contributed by atoms with Crippen molar-refractivity contribution in [1.29, 1.82) is 0 Å². The smallest absolute Gasteiger partial charge is 0.338 e. The van der Waals surface area contributed by atoms with E-state index in [0.29, 0.717) is 11.4 Å². The van der Waals surface area contributed by atoms with Crippen LogP contribution in [0.3, 0.4) is 0 Å². The zero-order valence-corrected chi connectivity index (χ0v) is 13.8. The molecule has 2 aromatic rings. The summed E-state index contributed by atoms with van der Waals surface area (Å²) in [4.78, 5) is 35.4. The van der Waals surface area contributed by atoms with Crippen molar-refractivity contribution in [1.82, 2.24) is 0 Å². The number of amides is 1. The second kappa shape index (κ2) is 8.49. The Kier molecular flexibility index (Phi) is 6.11. The predicted molar refractivity (Wildman–Crippen MR) is 89.7 cm³/mol. The van der Waals surface area contributed by atoms with Gasteiger partial charge in [-0.05, 0) is 30.3 Å². The van der Waals surface area contributed by atoms with Crippen molar-refractivity contribution in [2.45, 2.75) is 0 Å². The Hall–Kier alpha value is -3.35. The van der Waals surface area contributed by atoms with Gasteiger partial charge in [-0.1, -0.05) is 18.2 Å². The molecule has 0 aliphatic rings. The molecular weight excluding hydrogens is 326 g/mol. The summed E-state index contributed by atoms with van der Waals surface area (Å²) in [6.45, 7) is -0.473. The molecule has 7 nitrogen and oxygen atoms in total. The Morgan fingerprint density at radius 2 is 1.60 bits per heavy atom. The van der Waals surface area contributed by atoms with Crippen molar-refractivity contribution in [3.8, 4) is 5.75 Å². The molecule has 0 aliphatic heterocycles. The lowest BCUT2D eigenvalue weighted by molar-refractivity contribution is -0.119. The van der Waals surface area contributed by atoms with Crippen LogP contribution in [0.15, 0.2) is 48.5 Å². The Labute approximate surface area is 144 Å². The van der Waals surface area contributed by atoms with E-state index >= 15 is 0 Å². The SMILES string of the molecule is COC(=O)c1cccc(C(=O)OCC(=O)Nc2ccccc2OC)c1. The third kappa shape index (κ3) is 4.81. The first-order chi connectivity index (χ1) is 12.0. The van der Waals surface area contributed by atoms with Crippen LogP contribution in [0.4, 0.5) is 5.69 Å². The number of carbonyl (C=O) groups is 3. The van der Waals surface area contributed by atoms with Gasteiger partial charge in [-0.25, -0.2) is 9.59 Å². The highest BCUT2D eigenvalue weighted by Crippen LogP contribution is 2.22. The van der Waals surface area contributed by atoms with Crippen LogP contribution in [-0.2, 0) is 14.3 Å². The van der Waals surface area contributed by atoms with Crippen LogP contribution in [0.5, 0.6) is 5.75 Å². The number of rotatable bonds is 6. The van der Waals surface area contributed by atoms with Crippen LogP contribution in [-0.4, -0.2) is 38.7 Å². The van der Waals surface area contributed by atoms with Crippen LogP contribution in [0.1, 0.15) is 20.7 Å². The van der Waals surface area contributed by atoms with E-state index < -0.39 is 24.5 Å². The Balaban J connectivity index is 1.95. The number of hydrogen-bond acceptors (Lipinski definition) is 6. The van der Waals surface area contributed by atoms with E-state index in [1.54, 1.807) is 24.3 Å². The minimum absolute atomic E-state index is 0.146. The number of ether oxygens (including phenoxy) is 3. The molecule has 25 heavy (non-hydrogen) atoms. The molecule has 0 heterocycles. The molecule has 0 spiro atoms. The molecule has 0 fully saturated rings. The van der Waals surface area contributed by atoms with Crippen LogP contribution in [0.25, 0.3) is 0 Å². The largest absolute Gasteiger partial charge is 0.495 e. The average molecular weight is 343 g/mol. The zero-order chi connectivity index (χ0) is 18.2. The van der Waals surface area contributed by atoms with Crippen molar-refractivity contribution >= 4 is 23.5 Å². The van der Waals surface area contributed by atoms with E-state index in [1.165, 1.54) is 38.5 Å². The lowest BCUT2D eigenvalue weighted by atomic mass is 10.1. The molecule has 0 saturated heterocycles. The molecule has 1 N–H and O–H groups in total. The maximum Gasteiger partial charge on any atom is 0.338 e. The summed E-state index contributed by atoms with van der Waals surface area (Å²) in [5, 5.41) is 2.59. The lowest BCUT2D eigenvalue weighted by Crippen LogP contribution is -2.21. The van der Waals surface area contributed by atoms with E-state index in [0.717, 1.165) is 0 Å². The van der Waals surface area contributed by atoms with Gasteiger partial charge in [0.25, 0.3) is 5.91 Å². The van der Waals surface area contributed by atoms with Gasteiger partial charge in [0, 0.05) is 0 Å². The highest BCUT2D eigenvalue weighted by atomic mass is 16.5. The monoisotopic (exact) mass is 343 g/mol. The maximum atomic E-state index is 12.0. The Bertz CT molecular complexity index is 787. The third-order valence-corrected chi connectivity index (χ3v) is 3.23. The van der Waals surface area contributed by atoms with Gasteiger partial charge in [-0.2, -0.15) is 0 Å². The minimum Gasteiger partial charge on any atom is -0.495 e. The van der Waals surface area contributed by atoms with E-state index in [9.17, 15) is 14.4 Å². The lowest BCUT2D eigenvalue weighted by Gasteiger charge is -2.10. The molecular formula is C18H17NO6. The molecule has 0 aliphatic carbocycles. The summed E-state index contributed by atoms with van der Waals surface area (Å²) >= 11 is 0. The molecule has 0 aromatic heterocycles. The molecule has 2 rings (SSSR count). The fourth-order valence-electron chi connectivity index (χ4n) is 2.04. The van der Waals surface area contributed by atoms with Crippen LogP contribution in [0.2, 0.25) is 0 Å². The third-order valence-electron chi connectivity index (χ3n) is 3.23. The molecule has 0 unspecified atom stereocenters. The second-order valence-corrected chi connectivity index (χ2v) is 4.90. The number of carbonyl (C=O) groups excluding carboxylic acids is 3. The fourth-order valence-corrected chi connectivity index (χ4v) is 2.04. The van der Waals surface area contributed by atoms with Gasteiger partial charge in [0.15, 0.2) is 6.61 Å². The number of nitrogens with one attached hydrogen (secondary N) is 1. The average Bonchev–Trinajstić information content (AvgIpc) is 2.66. The van der Waals surface area contributed by atoms with Crippen molar-refractivity contribution in [2.75, 3.05) is 26.1 Å². The van der Waals surface area contributed by atoms with Crippen molar-refractivity contribution in [3.05, 3.63) is 59.7 Å². The van der Waals surface area contributed by atoms with Crippen molar-refractivity contribution < 1.29 is 28.6 Å². The van der Waals surface area contributed by atoms with Gasteiger partial charge >= 0.3 is 11.9 Å². The molecule has 130 valence electrons. The van der Waals surface area contributed by atoms with Crippen molar-refractivity contribution in [2.24, 2.45) is 0 Å². The van der Waals surface area contributed by atoms with E-state index in [1.807, 2.05) is 0 Å². The minimum atomic E-state index is -0.721. The number of hydrogen-bond donors (Lipinski definition) is 1. The predicted octanol–water partition coefficient (Wildman–Crippen LogP) is 2.28. The first-order valence-electron chi connectivity index (χ1n) is 7.33. The summed E-state index contributed by atoms with van der Waals surface area (Å²) in [6.07, 6.45) is 0. The summed E-state index contributed by atoms with van der Waals surface area (Å²) < 4.78 is 14.7. The second-order valence-electron chi connectivity index (χ2n) is 4.90. The quantitative estimate of drug-likeness (QED) is 0.809. The number of esters is 2. The normalized spacial score (nSPS) is 9.84. The standard InChI is InChI=1S/C18H17NO6/c1-23-15-9-4-3-8-14(15)19-16(20)11-25-18(22)13-7-5-6-12(10-13)17(21)24-2/h3-10H,11H2,1-2H3,(H,19,20). The van der Waals surface area contributed by atoms with E-state index in [4.69, 9.17) is 9.47 Å². The zero-order valence-electron chi connectivity index (χ0n) is 13.8. The van der Waals surface area contributed by atoms with Gasteiger partial charge in [0.2, 0.25) is 0 Å². The van der Waals surface area contributed by atoms with Crippen LogP contribution in [0, 0.1) is 0 Å². The van der Waals surface area contributed by atoms with Gasteiger partial charge < -0.3 is 19.5 Å².